The second kappa shape index (κ2) is 7.79. The maximum atomic E-state index is 12.1. The van der Waals surface area contributed by atoms with Crippen LogP contribution in [0.1, 0.15) is 40.9 Å². The maximum Gasteiger partial charge on any atom is 0.371 e. The minimum atomic E-state index is -1.23. The van der Waals surface area contributed by atoms with Gasteiger partial charge in [-0.1, -0.05) is 42.8 Å². The molecule has 0 radical (unpaired) electrons. The second-order valence-electron chi connectivity index (χ2n) is 6.16. The van der Waals surface area contributed by atoms with Gasteiger partial charge in [-0.05, 0) is 48.9 Å². The molecular formula is C21H20O4. The van der Waals surface area contributed by atoms with Gasteiger partial charge in [0.25, 0.3) is 0 Å². The Morgan fingerprint density at radius 1 is 0.880 bits per heavy atom. The van der Waals surface area contributed by atoms with E-state index in [0.717, 1.165) is 43.7 Å². The molecule has 3 rings (SSSR count). The third kappa shape index (κ3) is 4.35. The van der Waals surface area contributed by atoms with Crippen molar-refractivity contribution in [3.05, 3.63) is 81.7 Å². The molecule has 25 heavy (non-hydrogen) atoms. The second-order valence-corrected chi connectivity index (χ2v) is 6.16. The van der Waals surface area contributed by atoms with E-state index in [1.807, 2.05) is 18.2 Å². The summed E-state index contributed by atoms with van der Waals surface area (Å²) in [6.45, 7) is 0. The van der Waals surface area contributed by atoms with Crippen molar-refractivity contribution in [2.75, 3.05) is 0 Å². The normalized spacial score (nSPS) is 10.9. The molecule has 4 heteroatoms. The van der Waals surface area contributed by atoms with E-state index in [1.54, 1.807) is 6.07 Å². The number of benzene rings is 2. The van der Waals surface area contributed by atoms with Crippen molar-refractivity contribution in [2.24, 2.45) is 0 Å². The van der Waals surface area contributed by atoms with Gasteiger partial charge >= 0.3 is 5.97 Å². The zero-order valence-electron chi connectivity index (χ0n) is 13.9. The molecule has 0 bridgehead atoms. The van der Waals surface area contributed by atoms with Crippen LogP contribution in [0.25, 0.3) is 11.0 Å². The first-order valence-corrected chi connectivity index (χ1v) is 8.47. The quantitative estimate of drug-likeness (QED) is 0.647. The molecule has 0 saturated carbocycles. The zero-order chi connectivity index (χ0) is 17.6. The monoisotopic (exact) mass is 336 g/mol. The standard InChI is InChI=1S/C21H20O4/c22-18-14-20(21(23)24)25-19-12-11-16(13-17(18)19)10-6-2-5-9-15-7-3-1-4-8-15/h1,3-4,7-8,11-14H,2,5-6,9-10H2,(H,23,24). The fourth-order valence-electron chi connectivity index (χ4n) is 2.94. The predicted molar refractivity (Wildman–Crippen MR) is 97.1 cm³/mol. The van der Waals surface area contributed by atoms with E-state index in [4.69, 9.17) is 9.52 Å². The summed E-state index contributed by atoms with van der Waals surface area (Å²) >= 11 is 0. The molecule has 4 nitrogen and oxygen atoms in total. The number of unbranched alkanes of at least 4 members (excludes halogenated alkanes) is 2. The lowest BCUT2D eigenvalue weighted by molar-refractivity contribution is 0.0663. The minimum Gasteiger partial charge on any atom is -0.475 e. The zero-order valence-corrected chi connectivity index (χ0v) is 13.9. The molecule has 0 atom stereocenters. The van der Waals surface area contributed by atoms with Gasteiger partial charge < -0.3 is 9.52 Å². The number of aromatic carboxylic acids is 1. The number of aryl methyl sites for hydroxylation is 2. The van der Waals surface area contributed by atoms with Gasteiger partial charge in [0.15, 0.2) is 5.43 Å². The van der Waals surface area contributed by atoms with Gasteiger partial charge in [-0.25, -0.2) is 4.79 Å². The summed E-state index contributed by atoms with van der Waals surface area (Å²) in [5.41, 5.74) is 2.44. The summed E-state index contributed by atoms with van der Waals surface area (Å²) in [6, 6.07) is 16.9. The number of hydrogen-bond donors (Lipinski definition) is 1. The summed E-state index contributed by atoms with van der Waals surface area (Å²) < 4.78 is 5.25. The van der Waals surface area contributed by atoms with Crippen LogP contribution in [0.3, 0.4) is 0 Å². The number of carboxylic acid groups (broad SMARTS) is 1. The van der Waals surface area contributed by atoms with Crippen LogP contribution < -0.4 is 5.43 Å². The van der Waals surface area contributed by atoms with Crippen molar-refractivity contribution in [1.82, 2.24) is 0 Å². The van der Waals surface area contributed by atoms with Gasteiger partial charge in [-0.15, -0.1) is 0 Å². The van der Waals surface area contributed by atoms with Gasteiger partial charge in [0.05, 0.1) is 5.39 Å². The first-order chi connectivity index (χ1) is 12.1. The van der Waals surface area contributed by atoms with Crippen LogP contribution in [0.4, 0.5) is 0 Å². The van der Waals surface area contributed by atoms with Crippen molar-refractivity contribution < 1.29 is 14.3 Å². The Hall–Kier alpha value is -2.88. The van der Waals surface area contributed by atoms with Crippen LogP contribution >= 0.6 is 0 Å². The van der Waals surface area contributed by atoms with E-state index < -0.39 is 5.97 Å². The average Bonchev–Trinajstić information content (AvgIpc) is 2.62. The molecule has 0 spiro atoms. The van der Waals surface area contributed by atoms with Crippen molar-refractivity contribution in [2.45, 2.75) is 32.1 Å². The molecule has 2 aromatic carbocycles. The smallest absolute Gasteiger partial charge is 0.371 e. The highest BCUT2D eigenvalue weighted by atomic mass is 16.4. The van der Waals surface area contributed by atoms with E-state index in [2.05, 4.69) is 24.3 Å². The van der Waals surface area contributed by atoms with E-state index in [9.17, 15) is 9.59 Å². The molecule has 1 heterocycles. The maximum absolute atomic E-state index is 12.1. The third-order valence-electron chi connectivity index (χ3n) is 4.28. The lowest BCUT2D eigenvalue weighted by atomic mass is 10.0. The molecule has 0 fully saturated rings. The Balaban J connectivity index is 1.59. The van der Waals surface area contributed by atoms with Gasteiger partial charge in [0, 0.05) is 6.07 Å². The van der Waals surface area contributed by atoms with Crippen LogP contribution in [0.15, 0.2) is 63.8 Å². The lowest BCUT2D eigenvalue weighted by Gasteiger charge is -2.05. The van der Waals surface area contributed by atoms with Crippen LogP contribution in [0.5, 0.6) is 0 Å². The number of hydrogen-bond acceptors (Lipinski definition) is 3. The van der Waals surface area contributed by atoms with E-state index in [1.165, 1.54) is 5.56 Å². The van der Waals surface area contributed by atoms with Crippen molar-refractivity contribution in [3.8, 4) is 0 Å². The summed E-state index contributed by atoms with van der Waals surface area (Å²) in [7, 11) is 0. The fourth-order valence-corrected chi connectivity index (χ4v) is 2.94. The topological polar surface area (TPSA) is 67.5 Å². The summed E-state index contributed by atoms with van der Waals surface area (Å²) in [6.07, 6.45) is 5.29. The minimum absolute atomic E-state index is 0.315. The Labute approximate surface area is 145 Å². The van der Waals surface area contributed by atoms with E-state index in [-0.39, 0.29) is 11.2 Å². The first kappa shape index (κ1) is 17.0. The highest BCUT2D eigenvalue weighted by Crippen LogP contribution is 2.17. The summed E-state index contributed by atoms with van der Waals surface area (Å²) in [5.74, 6) is -1.56. The summed E-state index contributed by atoms with van der Waals surface area (Å²) in [4.78, 5) is 23.0. The molecule has 0 aliphatic carbocycles. The molecule has 0 saturated heterocycles. The lowest BCUT2D eigenvalue weighted by Crippen LogP contribution is -2.06. The predicted octanol–water partition coefficient (Wildman–Crippen LogP) is 4.45. The SMILES string of the molecule is O=C(O)c1cc(=O)c2cc(CCCCCc3ccccc3)ccc2o1. The van der Waals surface area contributed by atoms with Crippen molar-refractivity contribution in [3.63, 3.8) is 0 Å². The van der Waals surface area contributed by atoms with Gasteiger partial charge in [-0.2, -0.15) is 0 Å². The fraction of sp³-hybridized carbons (Fsp3) is 0.238. The van der Waals surface area contributed by atoms with Crippen LogP contribution in [0, 0.1) is 0 Å². The number of rotatable bonds is 7. The molecule has 0 unspecified atom stereocenters. The number of carbonyl (C=O) groups is 1. The Morgan fingerprint density at radius 2 is 1.60 bits per heavy atom. The molecular weight excluding hydrogens is 316 g/mol. The molecule has 0 aliphatic rings. The molecule has 1 N–H and O–H groups in total. The van der Waals surface area contributed by atoms with Crippen molar-refractivity contribution >= 4 is 16.9 Å². The average molecular weight is 336 g/mol. The number of fused-ring (bicyclic) bond motifs is 1. The largest absolute Gasteiger partial charge is 0.475 e. The summed E-state index contributed by atoms with van der Waals surface area (Å²) in [5, 5.41) is 9.38. The molecule has 1 aromatic heterocycles. The Morgan fingerprint density at radius 3 is 2.32 bits per heavy atom. The molecule has 128 valence electrons. The molecule has 0 aliphatic heterocycles. The van der Waals surface area contributed by atoms with E-state index >= 15 is 0 Å². The van der Waals surface area contributed by atoms with E-state index in [0.29, 0.717) is 11.0 Å². The first-order valence-electron chi connectivity index (χ1n) is 8.47. The van der Waals surface area contributed by atoms with Crippen LogP contribution in [0.2, 0.25) is 0 Å². The Bertz CT molecular complexity index is 926. The third-order valence-corrected chi connectivity index (χ3v) is 4.28. The van der Waals surface area contributed by atoms with Crippen LogP contribution in [-0.4, -0.2) is 11.1 Å². The van der Waals surface area contributed by atoms with Gasteiger partial charge in [-0.3, -0.25) is 4.79 Å². The van der Waals surface area contributed by atoms with Crippen LogP contribution in [-0.2, 0) is 12.8 Å². The van der Waals surface area contributed by atoms with Gasteiger partial charge in [0.1, 0.15) is 5.58 Å². The highest BCUT2D eigenvalue weighted by Gasteiger charge is 2.11. The van der Waals surface area contributed by atoms with Crippen molar-refractivity contribution in [1.29, 1.82) is 0 Å². The molecule has 0 amide bonds. The van der Waals surface area contributed by atoms with Gasteiger partial charge in [0.2, 0.25) is 5.76 Å². The highest BCUT2D eigenvalue weighted by molar-refractivity contribution is 5.87. The number of carboxylic acids is 1. The Kier molecular flexibility index (Phi) is 5.29. The molecule has 3 aromatic rings.